The topological polar surface area (TPSA) is 38.8 Å². The molecule has 1 atom stereocenters. The van der Waals surface area contributed by atoms with E-state index in [0.717, 1.165) is 15.9 Å². The zero-order chi connectivity index (χ0) is 15.7. The number of para-hydroxylation sites is 2. The molecule has 0 radical (unpaired) electrons. The zero-order valence-electron chi connectivity index (χ0n) is 12.4. The first-order chi connectivity index (χ1) is 10.6. The van der Waals surface area contributed by atoms with Crippen LogP contribution in [0.4, 0.5) is 5.69 Å². The quantitative estimate of drug-likeness (QED) is 0.814. The summed E-state index contributed by atoms with van der Waals surface area (Å²) in [5.74, 6) is 1.31. The minimum absolute atomic E-state index is 0.0526. The molecule has 5 heteroatoms. The van der Waals surface area contributed by atoms with Crippen molar-refractivity contribution in [1.29, 1.82) is 0 Å². The molecule has 1 aliphatic heterocycles. The number of carbonyl (C=O) groups excluding carboxylic acids is 1. The lowest BCUT2D eigenvalue weighted by atomic mass is 10.1. The highest BCUT2D eigenvalue weighted by Gasteiger charge is 2.29. The number of hydrogen-bond donors (Lipinski definition) is 0. The molecule has 0 saturated heterocycles. The van der Waals surface area contributed by atoms with Gasteiger partial charge in [-0.2, -0.15) is 0 Å². The van der Waals surface area contributed by atoms with Crippen molar-refractivity contribution >= 4 is 27.5 Å². The number of benzene rings is 2. The Kier molecular flexibility index (Phi) is 4.07. The largest absolute Gasteiger partial charge is 0.497 e. The zero-order valence-corrected chi connectivity index (χ0v) is 14.0. The maximum atomic E-state index is 13.0. The van der Waals surface area contributed by atoms with Gasteiger partial charge in [-0.1, -0.05) is 12.1 Å². The van der Waals surface area contributed by atoms with Gasteiger partial charge in [0, 0.05) is 4.47 Å². The van der Waals surface area contributed by atoms with Gasteiger partial charge in [0.05, 0.1) is 24.9 Å². The summed E-state index contributed by atoms with van der Waals surface area (Å²) in [6.45, 7) is 2.47. The van der Waals surface area contributed by atoms with Crippen LogP contribution in [-0.2, 0) is 0 Å². The van der Waals surface area contributed by atoms with E-state index in [-0.39, 0.29) is 12.0 Å². The molecule has 1 unspecified atom stereocenters. The van der Waals surface area contributed by atoms with Crippen molar-refractivity contribution in [3.63, 3.8) is 0 Å². The number of rotatable bonds is 2. The SMILES string of the molecule is COc1ccc(Br)c(C(=O)N2CC(C)Oc3ccccc32)c1. The predicted molar refractivity (Wildman–Crippen MR) is 88.9 cm³/mol. The van der Waals surface area contributed by atoms with Crippen LogP contribution in [0.15, 0.2) is 46.9 Å². The summed E-state index contributed by atoms with van der Waals surface area (Å²) in [6.07, 6.45) is -0.0526. The molecule has 0 bridgehead atoms. The van der Waals surface area contributed by atoms with E-state index in [2.05, 4.69) is 15.9 Å². The van der Waals surface area contributed by atoms with Gasteiger partial charge in [-0.3, -0.25) is 4.79 Å². The lowest BCUT2D eigenvalue weighted by Gasteiger charge is -2.33. The molecule has 4 nitrogen and oxygen atoms in total. The molecule has 114 valence electrons. The van der Waals surface area contributed by atoms with E-state index in [9.17, 15) is 4.79 Å². The van der Waals surface area contributed by atoms with E-state index in [4.69, 9.17) is 9.47 Å². The minimum Gasteiger partial charge on any atom is -0.497 e. The van der Waals surface area contributed by atoms with E-state index in [1.54, 1.807) is 18.1 Å². The van der Waals surface area contributed by atoms with Crippen molar-refractivity contribution in [1.82, 2.24) is 0 Å². The molecule has 0 N–H and O–H groups in total. The molecule has 0 aromatic heterocycles. The van der Waals surface area contributed by atoms with Crippen LogP contribution in [0, 0.1) is 0 Å². The van der Waals surface area contributed by atoms with Gasteiger partial charge in [0.1, 0.15) is 17.6 Å². The number of carbonyl (C=O) groups is 1. The highest BCUT2D eigenvalue weighted by atomic mass is 79.9. The molecule has 1 heterocycles. The first-order valence-electron chi connectivity index (χ1n) is 7.01. The third kappa shape index (κ3) is 2.68. The van der Waals surface area contributed by atoms with Crippen molar-refractivity contribution in [2.75, 3.05) is 18.6 Å². The maximum Gasteiger partial charge on any atom is 0.259 e. The average Bonchev–Trinajstić information content (AvgIpc) is 2.54. The second-order valence-corrected chi connectivity index (χ2v) is 6.01. The van der Waals surface area contributed by atoms with Gasteiger partial charge in [0.25, 0.3) is 5.91 Å². The number of ether oxygens (including phenoxy) is 2. The number of methoxy groups -OCH3 is 1. The Labute approximate surface area is 137 Å². The summed E-state index contributed by atoms with van der Waals surface area (Å²) in [5, 5.41) is 0. The molecule has 3 rings (SSSR count). The number of hydrogen-bond acceptors (Lipinski definition) is 3. The minimum atomic E-state index is -0.0756. The Hall–Kier alpha value is -2.01. The van der Waals surface area contributed by atoms with Crippen molar-refractivity contribution in [3.8, 4) is 11.5 Å². The Morgan fingerprint density at radius 1 is 1.32 bits per heavy atom. The van der Waals surface area contributed by atoms with Gasteiger partial charge < -0.3 is 14.4 Å². The van der Waals surface area contributed by atoms with Gasteiger partial charge in [-0.15, -0.1) is 0 Å². The molecular formula is C17H16BrNO3. The van der Waals surface area contributed by atoms with E-state index in [1.807, 2.05) is 43.3 Å². The van der Waals surface area contributed by atoms with Crippen LogP contribution in [0.25, 0.3) is 0 Å². The smallest absolute Gasteiger partial charge is 0.259 e. The fourth-order valence-corrected chi connectivity index (χ4v) is 2.94. The van der Waals surface area contributed by atoms with E-state index in [1.165, 1.54) is 0 Å². The fourth-order valence-electron chi connectivity index (χ4n) is 2.52. The standard InChI is InChI=1S/C17H16BrNO3/c1-11-10-19(15-5-3-4-6-16(15)22-11)17(20)13-9-12(21-2)7-8-14(13)18/h3-9,11H,10H2,1-2H3. The number of nitrogens with zero attached hydrogens (tertiary/aromatic N) is 1. The Morgan fingerprint density at radius 3 is 2.86 bits per heavy atom. The summed E-state index contributed by atoms with van der Waals surface area (Å²) in [4.78, 5) is 14.7. The molecule has 2 aromatic carbocycles. The van der Waals surface area contributed by atoms with Gasteiger partial charge in [0.2, 0.25) is 0 Å². The summed E-state index contributed by atoms with van der Waals surface area (Å²) >= 11 is 3.45. The number of anilines is 1. The Bertz CT molecular complexity index is 717. The lowest BCUT2D eigenvalue weighted by Crippen LogP contribution is -2.42. The molecule has 1 aliphatic rings. The molecule has 0 spiro atoms. The van der Waals surface area contributed by atoms with Crippen LogP contribution in [0.5, 0.6) is 11.5 Å². The van der Waals surface area contributed by atoms with Crippen LogP contribution in [0.3, 0.4) is 0 Å². The fraction of sp³-hybridized carbons (Fsp3) is 0.235. The van der Waals surface area contributed by atoms with E-state index in [0.29, 0.717) is 17.9 Å². The van der Waals surface area contributed by atoms with Gasteiger partial charge in [0.15, 0.2) is 0 Å². The summed E-state index contributed by atoms with van der Waals surface area (Å²) in [5.41, 5.74) is 1.36. The van der Waals surface area contributed by atoms with Crippen LogP contribution in [-0.4, -0.2) is 25.7 Å². The molecule has 0 fully saturated rings. The highest BCUT2D eigenvalue weighted by Crippen LogP contribution is 2.35. The second kappa shape index (κ2) is 6.01. The van der Waals surface area contributed by atoms with Crippen LogP contribution < -0.4 is 14.4 Å². The van der Waals surface area contributed by atoms with Crippen molar-refractivity contribution in [2.24, 2.45) is 0 Å². The summed E-state index contributed by atoms with van der Waals surface area (Å²) in [6, 6.07) is 13.0. The average molecular weight is 362 g/mol. The summed E-state index contributed by atoms with van der Waals surface area (Å²) < 4.78 is 11.8. The number of halogens is 1. The normalized spacial score (nSPS) is 16.7. The maximum absolute atomic E-state index is 13.0. The first kappa shape index (κ1) is 14.9. The molecule has 0 saturated carbocycles. The summed E-state index contributed by atoms with van der Waals surface area (Å²) in [7, 11) is 1.59. The van der Waals surface area contributed by atoms with Crippen molar-refractivity contribution in [2.45, 2.75) is 13.0 Å². The lowest BCUT2D eigenvalue weighted by molar-refractivity contribution is 0.0960. The Morgan fingerprint density at radius 2 is 2.09 bits per heavy atom. The van der Waals surface area contributed by atoms with Crippen LogP contribution in [0.1, 0.15) is 17.3 Å². The van der Waals surface area contributed by atoms with Crippen molar-refractivity contribution < 1.29 is 14.3 Å². The third-order valence-corrected chi connectivity index (χ3v) is 4.26. The molecule has 1 amide bonds. The van der Waals surface area contributed by atoms with Crippen LogP contribution >= 0.6 is 15.9 Å². The van der Waals surface area contributed by atoms with Crippen molar-refractivity contribution in [3.05, 3.63) is 52.5 Å². The molecule has 22 heavy (non-hydrogen) atoms. The first-order valence-corrected chi connectivity index (χ1v) is 7.80. The van der Waals surface area contributed by atoms with Gasteiger partial charge in [-0.05, 0) is 53.2 Å². The van der Waals surface area contributed by atoms with Gasteiger partial charge >= 0.3 is 0 Å². The molecular weight excluding hydrogens is 346 g/mol. The Balaban J connectivity index is 2.02. The van der Waals surface area contributed by atoms with E-state index >= 15 is 0 Å². The second-order valence-electron chi connectivity index (χ2n) is 5.16. The predicted octanol–water partition coefficient (Wildman–Crippen LogP) is 3.89. The highest BCUT2D eigenvalue weighted by molar-refractivity contribution is 9.10. The number of fused-ring (bicyclic) bond motifs is 1. The molecule has 0 aliphatic carbocycles. The van der Waals surface area contributed by atoms with Crippen LogP contribution in [0.2, 0.25) is 0 Å². The third-order valence-electron chi connectivity index (χ3n) is 3.57. The van der Waals surface area contributed by atoms with Gasteiger partial charge in [-0.25, -0.2) is 0 Å². The molecule has 2 aromatic rings. The van der Waals surface area contributed by atoms with E-state index < -0.39 is 0 Å². The number of amides is 1. The monoisotopic (exact) mass is 361 g/mol.